The van der Waals surface area contributed by atoms with Gasteiger partial charge in [-0.25, -0.2) is 16.8 Å². The molecule has 0 radical (unpaired) electrons. The van der Waals surface area contributed by atoms with Crippen LogP contribution in [0.2, 0.25) is 5.02 Å². The minimum Gasteiger partial charge on any atom is -0.508 e. The number of rotatable bonds is 8. The molecule has 0 aromatic heterocycles. The molecule has 1 aromatic carbocycles. The third-order valence-electron chi connectivity index (χ3n) is 3.03. The molecule has 8 nitrogen and oxygen atoms in total. The Kier molecular flexibility index (Phi) is 7.02. The molecule has 0 fully saturated rings. The monoisotopic (exact) mass is 399 g/mol. The standard InChI is InChI=1S/C13H18ClNO7S2/c1-22-13(17)9-15(24(20,21)6-5-23(2,18)19)8-10-7-11(14)3-4-12(10)16/h3-4,7,16H,5-6,8-9H2,1-2H3. The van der Waals surface area contributed by atoms with Crippen LogP contribution in [0.15, 0.2) is 18.2 Å². The van der Waals surface area contributed by atoms with E-state index in [1.807, 2.05) is 0 Å². The highest BCUT2D eigenvalue weighted by atomic mass is 35.5. The van der Waals surface area contributed by atoms with Crippen LogP contribution in [0.25, 0.3) is 0 Å². The van der Waals surface area contributed by atoms with E-state index >= 15 is 0 Å². The van der Waals surface area contributed by atoms with Gasteiger partial charge in [-0.2, -0.15) is 4.31 Å². The SMILES string of the molecule is COC(=O)CN(Cc1cc(Cl)ccc1O)S(=O)(=O)CCS(C)(=O)=O. The second kappa shape index (κ2) is 8.15. The second-order valence-electron chi connectivity index (χ2n) is 5.06. The molecule has 0 atom stereocenters. The molecule has 1 aromatic rings. The summed E-state index contributed by atoms with van der Waals surface area (Å²) in [6, 6.07) is 4.06. The van der Waals surface area contributed by atoms with E-state index in [9.17, 15) is 26.7 Å². The molecule has 11 heteroatoms. The van der Waals surface area contributed by atoms with Crippen LogP contribution in [0.1, 0.15) is 5.56 Å². The van der Waals surface area contributed by atoms with E-state index in [4.69, 9.17) is 11.6 Å². The van der Waals surface area contributed by atoms with E-state index in [0.717, 1.165) is 17.7 Å². The number of hydrogen-bond acceptors (Lipinski definition) is 7. The third kappa shape index (κ3) is 6.63. The number of esters is 1. The lowest BCUT2D eigenvalue weighted by molar-refractivity contribution is -0.140. The lowest BCUT2D eigenvalue weighted by Gasteiger charge is -2.21. The molecule has 0 spiro atoms. The predicted octanol–water partition coefficient (Wildman–Crippen LogP) is 0.395. The molecule has 1 N–H and O–H groups in total. The second-order valence-corrected chi connectivity index (χ2v) is 9.85. The highest BCUT2D eigenvalue weighted by Crippen LogP contribution is 2.24. The zero-order valence-corrected chi connectivity index (χ0v) is 15.5. The number of carbonyl (C=O) groups is 1. The number of nitrogens with zero attached hydrogens (tertiary/aromatic N) is 1. The van der Waals surface area contributed by atoms with Gasteiger partial charge in [-0.1, -0.05) is 11.6 Å². The van der Waals surface area contributed by atoms with Gasteiger partial charge >= 0.3 is 5.97 Å². The number of ether oxygens (including phenoxy) is 1. The molecule has 0 saturated carbocycles. The van der Waals surface area contributed by atoms with Crippen molar-refractivity contribution in [3.63, 3.8) is 0 Å². The molecule has 0 aliphatic rings. The summed E-state index contributed by atoms with van der Waals surface area (Å²) in [6.07, 6.45) is 0.913. The normalized spacial score (nSPS) is 12.3. The Morgan fingerprint density at radius 3 is 2.42 bits per heavy atom. The number of phenols is 1. The van der Waals surface area contributed by atoms with Crippen molar-refractivity contribution in [2.45, 2.75) is 6.54 Å². The van der Waals surface area contributed by atoms with Crippen molar-refractivity contribution in [1.29, 1.82) is 0 Å². The lowest BCUT2D eigenvalue weighted by Crippen LogP contribution is -2.38. The van der Waals surface area contributed by atoms with E-state index < -0.39 is 43.9 Å². The van der Waals surface area contributed by atoms with Gasteiger partial charge in [0, 0.05) is 23.4 Å². The minimum atomic E-state index is -4.09. The molecule has 0 amide bonds. The van der Waals surface area contributed by atoms with E-state index in [1.54, 1.807) is 0 Å². The maximum atomic E-state index is 12.4. The van der Waals surface area contributed by atoms with Gasteiger partial charge in [-0.05, 0) is 18.2 Å². The molecule has 0 bridgehead atoms. The average molecular weight is 400 g/mol. The van der Waals surface area contributed by atoms with Crippen LogP contribution in [0, 0.1) is 0 Å². The number of phenolic OH excluding ortho intramolecular Hbond substituents is 1. The molecule has 1 rings (SSSR count). The number of halogens is 1. The first-order valence-electron chi connectivity index (χ1n) is 6.64. The Balaban J connectivity index is 3.11. The first-order valence-corrected chi connectivity index (χ1v) is 10.7. The van der Waals surface area contributed by atoms with Gasteiger partial charge in [-0.15, -0.1) is 0 Å². The molecule has 136 valence electrons. The molecule has 0 aliphatic heterocycles. The highest BCUT2D eigenvalue weighted by Gasteiger charge is 2.27. The third-order valence-corrected chi connectivity index (χ3v) is 6.23. The number of sulfonamides is 1. The zero-order chi connectivity index (χ0) is 18.5. The quantitative estimate of drug-likeness (QED) is 0.628. The van der Waals surface area contributed by atoms with Crippen LogP contribution in [0.4, 0.5) is 0 Å². The van der Waals surface area contributed by atoms with Gasteiger partial charge in [0.2, 0.25) is 10.0 Å². The Morgan fingerprint density at radius 2 is 1.88 bits per heavy atom. The fourth-order valence-electron chi connectivity index (χ4n) is 1.72. The van der Waals surface area contributed by atoms with Crippen LogP contribution in [0.3, 0.4) is 0 Å². The lowest BCUT2D eigenvalue weighted by atomic mass is 10.2. The molecular formula is C13H18ClNO7S2. The van der Waals surface area contributed by atoms with Crippen molar-refractivity contribution in [3.8, 4) is 5.75 Å². The predicted molar refractivity (Wildman–Crippen MR) is 89.0 cm³/mol. The number of carbonyl (C=O) groups excluding carboxylic acids is 1. The van der Waals surface area contributed by atoms with Gasteiger partial charge < -0.3 is 9.84 Å². The summed E-state index contributed by atoms with van der Waals surface area (Å²) < 4.78 is 52.4. The molecule has 0 saturated heterocycles. The van der Waals surface area contributed by atoms with Crippen molar-refractivity contribution < 1.29 is 31.5 Å². The van der Waals surface area contributed by atoms with E-state index in [1.165, 1.54) is 18.2 Å². The van der Waals surface area contributed by atoms with E-state index in [-0.39, 0.29) is 22.9 Å². The fraction of sp³-hybridized carbons (Fsp3) is 0.462. The Bertz CT molecular complexity index is 806. The number of methoxy groups -OCH3 is 1. The molecule has 0 heterocycles. The van der Waals surface area contributed by atoms with Gasteiger partial charge in [0.15, 0.2) is 0 Å². The Labute approximate surface area is 146 Å². The summed E-state index contributed by atoms with van der Waals surface area (Å²) in [4.78, 5) is 11.5. The summed E-state index contributed by atoms with van der Waals surface area (Å²) in [5, 5.41) is 10.1. The number of aromatic hydroxyl groups is 1. The summed E-state index contributed by atoms with van der Waals surface area (Å²) in [6.45, 7) is -0.970. The smallest absolute Gasteiger partial charge is 0.321 e. The van der Waals surface area contributed by atoms with Crippen molar-refractivity contribution in [2.75, 3.05) is 31.4 Å². The number of hydrogen-bond donors (Lipinski definition) is 1. The van der Waals surface area contributed by atoms with Crippen LogP contribution in [0.5, 0.6) is 5.75 Å². The topological polar surface area (TPSA) is 118 Å². The van der Waals surface area contributed by atoms with Gasteiger partial charge in [-0.3, -0.25) is 4.79 Å². The Hall–Kier alpha value is -1.36. The van der Waals surface area contributed by atoms with Crippen LogP contribution in [-0.2, 0) is 35.9 Å². The number of sulfone groups is 1. The summed E-state index contributed by atoms with van der Waals surface area (Å²) >= 11 is 5.82. The Morgan fingerprint density at radius 1 is 1.25 bits per heavy atom. The fourth-order valence-corrected chi connectivity index (χ4v) is 4.86. The van der Waals surface area contributed by atoms with Crippen molar-refractivity contribution in [1.82, 2.24) is 4.31 Å². The van der Waals surface area contributed by atoms with Gasteiger partial charge in [0.25, 0.3) is 0 Å². The summed E-state index contributed by atoms with van der Waals surface area (Å²) in [5.41, 5.74) is 0.175. The maximum absolute atomic E-state index is 12.4. The van der Waals surface area contributed by atoms with Crippen molar-refractivity contribution in [2.24, 2.45) is 0 Å². The molecule has 24 heavy (non-hydrogen) atoms. The van der Waals surface area contributed by atoms with E-state index in [2.05, 4.69) is 4.74 Å². The minimum absolute atomic E-state index is 0.175. The summed E-state index contributed by atoms with van der Waals surface area (Å²) in [5.74, 6) is -2.30. The first-order chi connectivity index (χ1) is 10.9. The van der Waals surface area contributed by atoms with Crippen LogP contribution in [-0.4, -0.2) is 63.6 Å². The highest BCUT2D eigenvalue weighted by molar-refractivity contribution is 7.93. The van der Waals surface area contributed by atoms with Crippen molar-refractivity contribution >= 4 is 37.4 Å². The maximum Gasteiger partial charge on any atom is 0.321 e. The van der Waals surface area contributed by atoms with Gasteiger partial charge in [0.1, 0.15) is 22.1 Å². The first kappa shape index (κ1) is 20.7. The number of benzene rings is 1. The van der Waals surface area contributed by atoms with Crippen molar-refractivity contribution in [3.05, 3.63) is 28.8 Å². The molecule has 0 unspecified atom stereocenters. The van der Waals surface area contributed by atoms with E-state index in [0.29, 0.717) is 0 Å². The molecular weight excluding hydrogens is 382 g/mol. The summed E-state index contributed by atoms with van der Waals surface area (Å²) in [7, 11) is -6.50. The average Bonchev–Trinajstić information content (AvgIpc) is 2.47. The van der Waals surface area contributed by atoms with Crippen LogP contribution >= 0.6 is 11.6 Å². The largest absolute Gasteiger partial charge is 0.508 e. The molecule has 0 aliphatic carbocycles. The van der Waals surface area contributed by atoms with Crippen LogP contribution < -0.4 is 0 Å². The zero-order valence-electron chi connectivity index (χ0n) is 13.1. The van der Waals surface area contributed by atoms with Gasteiger partial charge in [0.05, 0.1) is 18.6 Å².